The third kappa shape index (κ3) is 1.55. The van der Waals surface area contributed by atoms with Crippen molar-refractivity contribution >= 4 is 0 Å². The Morgan fingerprint density at radius 2 is 1.83 bits per heavy atom. The van der Waals surface area contributed by atoms with Crippen molar-refractivity contribution in [2.75, 3.05) is 20.3 Å². The van der Waals surface area contributed by atoms with Gasteiger partial charge in [-0.3, -0.25) is 0 Å². The van der Waals surface area contributed by atoms with E-state index >= 15 is 0 Å². The summed E-state index contributed by atoms with van der Waals surface area (Å²) in [5.41, 5.74) is 0. The van der Waals surface area contributed by atoms with Gasteiger partial charge in [0.05, 0.1) is 43.4 Å². The number of hydrogen-bond acceptors (Lipinski definition) is 8. The summed E-state index contributed by atoms with van der Waals surface area (Å²) in [6.45, 7) is -1.33. The maximum absolute atomic E-state index is 10.2. The lowest BCUT2D eigenvalue weighted by molar-refractivity contribution is -0.493. The molecule has 0 aromatic carbocycles. The Labute approximate surface area is 103 Å². The molecule has 106 valence electrons. The predicted octanol–water partition coefficient (Wildman–Crippen LogP) is -3.64. The molecule has 1 aliphatic heterocycles. The Morgan fingerprint density at radius 1 is 1.22 bits per heavy atom. The van der Waals surface area contributed by atoms with E-state index in [0.29, 0.717) is 0 Å². The zero-order valence-electron chi connectivity index (χ0n) is 9.80. The van der Waals surface area contributed by atoms with Crippen LogP contribution in [0.5, 0.6) is 0 Å². The highest BCUT2D eigenvalue weighted by Gasteiger charge is 2.77. The van der Waals surface area contributed by atoms with Crippen molar-refractivity contribution in [3.63, 3.8) is 0 Å². The molecular weight excluding hydrogens is 248 g/mol. The molecule has 1 heterocycles. The van der Waals surface area contributed by atoms with Crippen molar-refractivity contribution in [2.24, 2.45) is 11.8 Å². The SMILES string of the molecule is COC(CO)C1C(O)C(O)C2C(O)(CO)OC12O. The van der Waals surface area contributed by atoms with Crippen molar-refractivity contribution in [1.82, 2.24) is 0 Å². The predicted molar refractivity (Wildman–Crippen MR) is 54.9 cm³/mol. The maximum Gasteiger partial charge on any atom is 0.202 e. The first-order valence-corrected chi connectivity index (χ1v) is 5.61. The lowest BCUT2D eigenvalue weighted by atomic mass is 9.80. The second kappa shape index (κ2) is 4.36. The Morgan fingerprint density at radius 3 is 2.28 bits per heavy atom. The zero-order valence-corrected chi connectivity index (χ0v) is 9.80. The van der Waals surface area contributed by atoms with E-state index in [2.05, 4.69) is 0 Å². The minimum absolute atomic E-state index is 0.499. The first-order chi connectivity index (χ1) is 8.35. The zero-order chi connectivity index (χ0) is 13.7. The Bertz CT molecular complexity index is 321. The molecule has 0 amide bonds. The highest BCUT2D eigenvalue weighted by molar-refractivity contribution is 5.16. The van der Waals surface area contributed by atoms with Gasteiger partial charge in [-0.1, -0.05) is 0 Å². The molecular formula is C10H18O8. The molecule has 6 N–H and O–H groups in total. The summed E-state index contributed by atoms with van der Waals surface area (Å²) < 4.78 is 9.79. The topological polar surface area (TPSA) is 140 Å². The first-order valence-electron chi connectivity index (χ1n) is 5.61. The van der Waals surface area contributed by atoms with Crippen LogP contribution in [-0.4, -0.2) is 80.8 Å². The lowest BCUT2D eigenvalue weighted by Crippen LogP contribution is -2.73. The van der Waals surface area contributed by atoms with Crippen LogP contribution in [0.1, 0.15) is 0 Å². The van der Waals surface area contributed by atoms with Gasteiger partial charge in [-0.05, 0) is 0 Å². The van der Waals surface area contributed by atoms with Gasteiger partial charge in [0.15, 0.2) is 5.79 Å². The second-order valence-electron chi connectivity index (χ2n) is 4.80. The quantitative estimate of drug-likeness (QED) is 0.306. The fourth-order valence-electron chi connectivity index (χ4n) is 3.07. The number of aliphatic hydroxyl groups excluding tert-OH is 4. The van der Waals surface area contributed by atoms with Crippen molar-refractivity contribution in [1.29, 1.82) is 0 Å². The van der Waals surface area contributed by atoms with Crippen LogP contribution in [0.3, 0.4) is 0 Å². The van der Waals surface area contributed by atoms with E-state index in [0.717, 1.165) is 0 Å². The van der Waals surface area contributed by atoms with Crippen LogP contribution < -0.4 is 0 Å². The normalized spacial score (nSPS) is 52.8. The summed E-state index contributed by atoms with van der Waals surface area (Å²) in [5.74, 6) is -6.53. The molecule has 2 aliphatic rings. The number of methoxy groups -OCH3 is 1. The van der Waals surface area contributed by atoms with Gasteiger partial charge in [-0.25, -0.2) is 0 Å². The molecule has 2 rings (SSSR count). The van der Waals surface area contributed by atoms with Crippen molar-refractivity contribution < 1.29 is 40.1 Å². The van der Waals surface area contributed by atoms with Crippen LogP contribution in [0.25, 0.3) is 0 Å². The maximum atomic E-state index is 10.2. The minimum atomic E-state index is -2.10. The van der Waals surface area contributed by atoms with Crippen LogP contribution >= 0.6 is 0 Å². The van der Waals surface area contributed by atoms with E-state index < -0.39 is 54.9 Å². The van der Waals surface area contributed by atoms with Gasteiger partial charge < -0.3 is 40.1 Å². The number of fused-ring (bicyclic) bond motifs is 1. The summed E-state index contributed by atoms with van der Waals surface area (Å²) in [5, 5.41) is 57.9. The van der Waals surface area contributed by atoms with E-state index in [4.69, 9.17) is 19.7 Å². The number of ether oxygens (including phenoxy) is 2. The molecule has 7 atom stereocenters. The number of aliphatic hydroxyl groups is 6. The number of hydrogen-bond donors (Lipinski definition) is 6. The summed E-state index contributed by atoms with van der Waals surface area (Å²) in [6, 6.07) is 0. The third-order valence-corrected chi connectivity index (χ3v) is 3.92. The Balaban J connectivity index is 2.31. The smallest absolute Gasteiger partial charge is 0.202 e. The van der Waals surface area contributed by atoms with Crippen molar-refractivity contribution in [3.8, 4) is 0 Å². The first kappa shape index (κ1) is 14.1. The third-order valence-electron chi connectivity index (χ3n) is 3.92. The van der Waals surface area contributed by atoms with E-state index in [1.54, 1.807) is 0 Å². The van der Waals surface area contributed by atoms with Gasteiger partial charge in [0.2, 0.25) is 5.79 Å². The van der Waals surface area contributed by atoms with Crippen LogP contribution in [0.15, 0.2) is 0 Å². The fraction of sp³-hybridized carbons (Fsp3) is 1.00. The molecule has 0 bridgehead atoms. The average Bonchev–Trinajstić information content (AvgIpc) is 2.48. The van der Waals surface area contributed by atoms with Crippen molar-refractivity contribution in [3.05, 3.63) is 0 Å². The van der Waals surface area contributed by atoms with Gasteiger partial charge in [0, 0.05) is 7.11 Å². The fourth-order valence-corrected chi connectivity index (χ4v) is 3.07. The lowest BCUT2D eigenvalue weighted by Gasteiger charge is -2.55. The van der Waals surface area contributed by atoms with Crippen LogP contribution in [0.4, 0.5) is 0 Å². The molecule has 0 radical (unpaired) electrons. The van der Waals surface area contributed by atoms with Gasteiger partial charge in [-0.15, -0.1) is 0 Å². The van der Waals surface area contributed by atoms with Crippen LogP contribution in [-0.2, 0) is 9.47 Å². The molecule has 2 fully saturated rings. The molecule has 1 saturated heterocycles. The summed E-state index contributed by atoms with van der Waals surface area (Å²) >= 11 is 0. The summed E-state index contributed by atoms with van der Waals surface area (Å²) in [7, 11) is 1.27. The molecule has 0 spiro atoms. The van der Waals surface area contributed by atoms with E-state index in [9.17, 15) is 20.4 Å². The van der Waals surface area contributed by atoms with Gasteiger partial charge in [0.25, 0.3) is 0 Å². The van der Waals surface area contributed by atoms with E-state index in [1.165, 1.54) is 7.11 Å². The molecule has 0 aromatic rings. The summed E-state index contributed by atoms with van der Waals surface area (Å²) in [6.07, 6.45) is -3.90. The second-order valence-corrected chi connectivity index (χ2v) is 4.80. The Hall–Kier alpha value is -0.320. The molecule has 18 heavy (non-hydrogen) atoms. The minimum Gasteiger partial charge on any atom is -0.394 e. The van der Waals surface area contributed by atoms with Crippen molar-refractivity contribution in [2.45, 2.75) is 29.9 Å². The molecule has 1 aliphatic carbocycles. The molecule has 7 unspecified atom stereocenters. The van der Waals surface area contributed by atoms with Gasteiger partial charge in [0.1, 0.15) is 0 Å². The summed E-state index contributed by atoms with van der Waals surface area (Å²) in [4.78, 5) is 0. The van der Waals surface area contributed by atoms with Gasteiger partial charge >= 0.3 is 0 Å². The largest absolute Gasteiger partial charge is 0.394 e. The molecule has 8 nitrogen and oxygen atoms in total. The molecule has 1 saturated carbocycles. The standard InChI is InChI=1S/C10H18O8/c1-17-4(2-11)5-6(13)7(14)8-9(15,3-12)18-10(5,8)16/h4-8,11-16H,2-3H2,1H3. The highest BCUT2D eigenvalue weighted by atomic mass is 16.8. The highest BCUT2D eigenvalue weighted by Crippen LogP contribution is 2.58. The van der Waals surface area contributed by atoms with E-state index in [-0.39, 0.29) is 0 Å². The monoisotopic (exact) mass is 266 g/mol. The average molecular weight is 266 g/mol. The van der Waals surface area contributed by atoms with Gasteiger partial charge in [-0.2, -0.15) is 0 Å². The number of rotatable bonds is 4. The molecule has 0 aromatic heterocycles. The van der Waals surface area contributed by atoms with Crippen LogP contribution in [0, 0.1) is 11.8 Å². The Kier molecular flexibility index (Phi) is 3.41. The molecule has 8 heteroatoms. The van der Waals surface area contributed by atoms with E-state index in [1.807, 2.05) is 0 Å². The van der Waals surface area contributed by atoms with Crippen LogP contribution in [0.2, 0.25) is 0 Å².